The maximum absolute atomic E-state index is 15.0. The average molecular weight is 684 g/mol. The summed E-state index contributed by atoms with van der Waals surface area (Å²) in [6.07, 6.45) is 1.20. The van der Waals surface area contributed by atoms with E-state index in [4.69, 9.17) is 9.47 Å². The van der Waals surface area contributed by atoms with Crippen molar-refractivity contribution in [1.82, 2.24) is 20.5 Å². The highest BCUT2D eigenvalue weighted by atomic mass is 127. The van der Waals surface area contributed by atoms with E-state index < -0.39 is 60.6 Å². The van der Waals surface area contributed by atoms with E-state index in [1.165, 1.54) is 12.0 Å². The van der Waals surface area contributed by atoms with Gasteiger partial charge in [-0.1, -0.05) is 34.7 Å². The quantitative estimate of drug-likeness (QED) is 0.170. The van der Waals surface area contributed by atoms with E-state index in [1.54, 1.807) is 30.3 Å². The van der Waals surface area contributed by atoms with Gasteiger partial charge < -0.3 is 30.0 Å². The van der Waals surface area contributed by atoms with Crippen LogP contribution >= 0.6 is 22.6 Å². The van der Waals surface area contributed by atoms with Crippen molar-refractivity contribution in [3.8, 4) is 5.75 Å². The van der Waals surface area contributed by atoms with Crippen LogP contribution in [-0.2, 0) is 19.1 Å². The zero-order valence-electron chi connectivity index (χ0n) is 22.4. The molecule has 3 amide bonds. The van der Waals surface area contributed by atoms with Crippen LogP contribution in [0.2, 0.25) is 0 Å². The molecule has 10 nitrogen and oxygen atoms in total. The molecular formula is C28H31F2IN4O6. The number of halogens is 3. The van der Waals surface area contributed by atoms with Crippen LogP contribution in [0.25, 0.3) is 10.9 Å². The summed E-state index contributed by atoms with van der Waals surface area (Å²) >= 11 is 1.95. The minimum absolute atomic E-state index is 0.150. The number of piperidine rings is 1. The topological polar surface area (TPSA) is 130 Å². The second-order valence-corrected chi connectivity index (χ2v) is 11.5. The number of likely N-dealkylation sites (tertiary alicyclic amines) is 1. The SMILES string of the molecule is COc1cccc2[nH]c(C(=O)N3[C@@H](CI)CC(F)(F)C[C@H]3C(=O)N[C@H](/C=C3\CCOC3=O)C[C@@H]3CCNC3=O)cc12. The monoisotopic (exact) mass is 684 g/mol. The van der Waals surface area contributed by atoms with Crippen LogP contribution in [0.1, 0.15) is 42.6 Å². The maximum Gasteiger partial charge on any atom is 0.333 e. The van der Waals surface area contributed by atoms with Gasteiger partial charge in [0.1, 0.15) is 17.5 Å². The Morgan fingerprint density at radius 2 is 2.12 bits per heavy atom. The third-order valence-corrected chi connectivity index (χ3v) is 8.86. The van der Waals surface area contributed by atoms with Crippen molar-refractivity contribution in [1.29, 1.82) is 0 Å². The smallest absolute Gasteiger partial charge is 0.333 e. The van der Waals surface area contributed by atoms with Crippen LogP contribution in [0.5, 0.6) is 5.75 Å². The Morgan fingerprint density at radius 1 is 1.32 bits per heavy atom. The molecule has 5 rings (SSSR count). The molecule has 0 radical (unpaired) electrons. The average Bonchev–Trinajstić information content (AvgIpc) is 3.67. The van der Waals surface area contributed by atoms with Crippen molar-refractivity contribution >= 4 is 57.2 Å². The van der Waals surface area contributed by atoms with E-state index in [0.717, 1.165) is 0 Å². The normalized spacial score (nSPS) is 25.7. The number of rotatable bonds is 8. The molecule has 0 bridgehead atoms. The Bertz CT molecular complexity index is 1390. The van der Waals surface area contributed by atoms with Crippen molar-refractivity contribution in [2.75, 3.05) is 24.7 Å². The number of alkyl halides is 3. The van der Waals surface area contributed by atoms with E-state index in [-0.39, 0.29) is 29.1 Å². The lowest BCUT2D eigenvalue weighted by Crippen LogP contribution is -2.61. The maximum atomic E-state index is 15.0. The second-order valence-electron chi connectivity index (χ2n) is 10.6. The standard InChI is InChI=1S/C28H31F2IN4O6/c1-40-23-4-2-3-20-19(23)11-21(34-20)26(38)35-18(14-31)12-28(29,30)13-22(35)25(37)33-17(9-15-5-7-32-24(15)36)10-16-6-8-41-27(16)39/h2-4,10-11,15,17-18,22,34H,5-9,12-14H2,1H3,(H,32,36)(H,33,37)/b16-10+/t15-,17-,18+,22-/m0/s1. The van der Waals surface area contributed by atoms with Gasteiger partial charge in [0, 0.05) is 64.7 Å². The molecule has 1 aromatic heterocycles. The lowest BCUT2D eigenvalue weighted by molar-refractivity contribution is -0.139. The molecule has 220 valence electrons. The fraction of sp³-hybridized carbons (Fsp3) is 0.500. The van der Waals surface area contributed by atoms with E-state index >= 15 is 0 Å². The molecule has 13 heteroatoms. The number of aromatic nitrogens is 1. The van der Waals surface area contributed by atoms with Crippen molar-refractivity contribution in [2.45, 2.75) is 56.2 Å². The van der Waals surface area contributed by atoms with Gasteiger partial charge in [0.15, 0.2) is 0 Å². The first-order valence-electron chi connectivity index (χ1n) is 13.5. The summed E-state index contributed by atoms with van der Waals surface area (Å²) in [4.78, 5) is 56.4. The van der Waals surface area contributed by atoms with Gasteiger partial charge in [-0.25, -0.2) is 13.6 Å². The van der Waals surface area contributed by atoms with Crippen molar-refractivity contribution in [3.05, 3.63) is 41.6 Å². The van der Waals surface area contributed by atoms with Gasteiger partial charge in [0.25, 0.3) is 11.8 Å². The summed E-state index contributed by atoms with van der Waals surface area (Å²) < 4.78 is 40.5. The fourth-order valence-electron chi connectivity index (χ4n) is 5.84. The van der Waals surface area contributed by atoms with Crippen LogP contribution in [0.3, 0.4) is 0 Å². The summed E-state index contributed by atoms with van der Waals surface area (Å²) in [7, 11) is 1.51. The number of ether oxygens (including phenoxy) is 2. The summed E-state index contributed by atoms with van der Waals surface area (Å²) in [5, 5.41) is 6.18. The summed E-state index contributed by atoms with van der Waals surface area (Å²) in [5.41, 5.74) is 1.14. The Morgan fingerprint density at radius 3 is 2.78 bits per heavy atom. The molecule has 3 aliphatic heterocycles. The van der Waals surface area contributed by atoms with Crippen molar-refractivity contribution in [3.63, 3.8) is 0 Å². The Labute approximate surface area is 248 Å². The zero-order chi connectivity index (χ0) is 29.3. The molecule has 3 fully saturated rings. The van der Waals surface area contributed by atoms with Gasteiger partial charge in [-0.3, -0.25) is 14.4 Å². The molecule has 3 N–H and O–H groups in total. The number of hydrogen-bond acceptors (Lipinski definition) is 6. The Kier molecular flexibility index (Phi) is 8.52. The lowest BCUT2D eigenvalue weighted by atomic mass is 9.91. The molecular weight excluding hydrogens is 653 g/mol. The number of fused-ring (bicyclic) bond motifs is 1. The number of benzene rings is 1. The minimum Gasteiger partial charge on any atom is -0.496 e. The molecule has 0 aliphatic carbocycles. The van der Waals surface area contributed by atoms with Gasteiger partial charge in [0.2, 0.25) is 11.8 Å². The third kappa shape index (κ3) is 6.19. The van der Waals surface area contributed by atoms with E-state index in [9.17, 15) is 28.0 Å². The molecule has 4 heterocycles. The van der Waals surface area contributed by atoms with Crippen molar-refractivity contribution in [2.24, 2.45) is 5.92 Å². The van der Waals surface area contributed by atoms with Gasteiger partial charge in [0.05, 0.1) is 13.7 Å². The first-order valence-corrected chi connectivity index (χ1v) is 15.0. The molecule has 0 unspecified atom stereocenters. The van der Waals surface area contributed by atoms with Gasteiger partial charge in [-0.2, -0.15) is 0 Å². The number of aromatic amines is 1. The van der Waals surface area contributed by atoms with E-state index in [1.807, 2.05) is 22.6 Å². The molecule has 2 aromatic rings. The number of carbonyl (C=O) groups is 4. The lowest BCUT2D eigenvalue weighted by Gasteiger charge is -2.44. The first-order chi connectivity index (χ1) is 19.6. The number of H-pyrrole nitrogens is 1. The number of hydrogen-bond donors (Lipinski definition) is 3. The largest absolute Gasteiger partial charge is 0.496 e. The molecule has 1 aromatic carbocycles. The van der Waals surface area contributed by atoms with Gasteiger partial charge in [-0.05, 0) is 31.0 Å². The van der Waals surface area contributed by atoms with Crippen LogP contribution in [0.15, 0.2) is 35.9 Å². The Balaban J connectivity index is 1.46. The highest BCUT2D eigenvalue weighted by molar-refractivity contribution is 14.1. The highest BCUT2D eigenvalue weighted by Gasteiger charge is 2.50. The summed E-state index contributed by atoms with van der Waals surface area (Å²) in [5.74, 6) is -5.08. The van der Waals surface area contributed by atoms with E-state index in [2.05, 4.69) is 15.6 Å². The highest BCUT2D eigenvalue weighted by Crippen LogP contribution is 2.38. The second kappa shape index (κ2) is 11.9. The first kappa shape index (κ1) is 29.3. The van der Waals surface area contributed by atoms with Gasteiger partial charge >= 0.3 is 5.97 Å². The molecule has 0 spiro atoms. The summed E-state index contributed by atoms with van der Waals surface area (Å²) in [6.45, 7) is 0.700. The van der Waals surface area contributed by atoms with Gasteiger partial charge in [-0.15, -0.1) is 0 Å². The molecule has 0 saturated carbocycles. The number of nitrogens with one attached hydrogen (secondary N) is 3. The summed E-state index contributed by atoms with van der Waals surface area (Å²) in [6, 6.07) is 3.70. The van der Waals surface area contributed by atoms with E-state index in [0.29, 0.717) is 41.6 Å². The zero-order valence-corrected chi connectivity index (χ0v) is 24.5. The number of carbonyl (C=O) groups excluding carboxylic acids is 4. The number of cyclic esters (lactones) is 1. The molecule has 41 heavy (non-hydrogen) atoms. The van der Waals surface area contributed by atoms with Crippen LogP contribution in [0, 0.1) is 5.92 Å². The van der Waals surface area contributed by atoms with Crippen LogP contribution < -0.4 is 15.4 Å². The fourth-order valence-corrected chi connectivity index (χ4v) is 6.58. The number of methoxy groups -OCH3 is 1. The Hall–Kier alpha value is -3.23. The van der Waals surface area contributed by atoms with Crippen molar-refractivity contribution < 1.29 is 37.4 Å². The van der Waals surface area contributed by atoms with Crippen LogP contribution in [0.4, 0.5) is 8.78 Å². The molecule has 3 aliphatic rings. The minimum atomic E-state index is -3.17. The number of nitrogens with zero attached hydrogens (tertiary/aromatic N) is 1. The van der Waals surface area contributed by atoms with Crippen LogP contribution in [-0.4, -0.2) is 82.3 Å². The molecule has 3 saturated heterocycles. The predicted octanol–water partition coefficient (Wildman–Crippen LogP) is 3.10. The predicted molar refractivity (Wildman–Crippen MR) is 153 cm³/mol. The number of esters is 1. The molecule has 4 atom stereocenters. The third-order valence-electron chi connectivity index (χ3n) is 7.84. The number of amides is 3.